The molecular weight excluding hydrogens is 518 g/mol. The first kappa shape index (κ1) is 24.4. The van der Waals surface area contributed by atoms with Gasteiger partial charge in [-0.2, -0.15) is 13.4 Å². The van der Waals surface area contributed by atoms with E-state index in [9.17, 15) is 13.2 Å². The van der Waals surface area contributed by atoms with Crippen LogP contribution in [0.1, 0.15) is 5.56 Å². The average Bonchev–Trinajstić information content (AvgIpc) is 3.25. The van der Waals surface area contributed by atoms with Crippen molar-refractivity contribution in [1.82, 2.24) is 4.90 Å². The minimum Gasteiger partial charge on any atom is -0.378 e. The Hall–Kier alpha value is -3.27. The van der Waals surface area contributed by atoms with Gasteiger partial charge in [-0.1, -0.05) is 54.1 Å². The van der Waals surface area contributed by atoms with Crippen LogP contribution in [0.15, 0.2) is 93.7 Å². The van der Waals surface area contributed by atoms with Gasteiger partial charge >= 0.3 is 10.1 Å². The van der Waals surface area contributed by atoms with E-state index in [1.807, 2.05) is 24.3 Å². The Morgan fingerprint density at radius 2 is 1.58 bits per heavy atom. The van der Waals surface area contributed by atoms with Crippen LogP contribution in [-0.4, -0.2) is 50.6 Å². The Balaban J connectivity index is 1.28. The van der Waals surface area contributed by atoms with Gasteiger partial charge in [0.05, 0.1) is 4.91 Å². The topological polar surface area (TPSA) is 79.3 Å². The summed E-state index contributed by atoms with van der Waals surface area (Å²) in [5.41, 5.74) is 1.55. The van der Waals surface area contributed by atoms with Crippen molar-refractivity contribution >= 4 is 56.3 Å². The van der Waals surface area contributed by atoms with Gasteiger partial charge in [0, 0.05) is 42.5 Å². The lowest BCUT2D eigenvalue weighted by atomic mass is 10.2. The van der Waals surface area contributed by atoms with Crippen LogP contribution >= 0.6 is 23.4 Å². The average molecular weight is 540 g/mol. The van der Waals surface area contributed by atoms with Crippen LogP contribution in [0.5, 0.6) is 5.75 Å². The molecule has 0 unspecified atom stereocenters. The number of thioether (sulfide) groups is 1. The summed E-state index contributed by atoms with van der Waals surface area (Å²) in [6.07, 6.45) is 1.63. The van der Waals surface area contributed by atoms with Gasteiger partial charge in [-0.15, -0.1) is 0 Å². The smallest absolute Gasteiger partial charge is 0.339 e. The first-order valence-electron chi connectivity index (χ1n) is 11.3. The molecule has 0 aromatic heterocycles. The van der Waals surface area contributed by atoms with Crippen LogP contribution in [0.4, 0.5) is 5.69 Å². The normalized spacial score (nSPS) is 17.4. The zero-order valence-electron chi connectivity index (χ0n) is 19.1. The Kier molecular flexibility index (Phi) is 7.04. The molecule has 0 aliphatic carbocycles. The molecule has 1 saturated heterocycles. The van der Waals surface area contributed by atoms with Crippen molar-refractivity contribution in [3.05, 3.63) is 94.4 Å². The zero-order valence-corrected chi connectivity index (χ0v) is 21.5. The molecule has 0 atom stereocenters. The van der Waals surface area contributed by atoms with E-state index in [1.165, 1.54) is 23.9 Å². The summed E-state index contributed by atoms with van der Waals surface area (Å²) in [7, 11) is -4.01. The number of hydrogen-bond donors (Lipinski definition) is 0. The number of nitrogens with zero attached hydrogens (tertiary/aromatic N) is 3. The van der Waals surface area contributed by atoms with E-state index in [1.54, 1.807) is 48.5 Å². The number of carbonyl (C=O) groups excluding carboxylic acids is 1. The largest absolute Gasteiger partial charge is 0.378 e. The lowest BCUT2D eigenvalue weighted by Gasteiger charge is -2.36. The number of piperazine rings is 1. The minimum absolute atomic E-state index is 0.0568. The maximum absolute atomic E-state index is 12.7. The molecule has 10 heteroatoms. The monoisotopic (exact) mass is 539 g/mol. The van der Waals surface area contributed by atoms with E-state index in [2.05, 4.69) is 14.8 Å². The number of halogens is 1. The molecular formula is C26H22ClN3O4S2. The standard InChI is InChI=1S/C26H22ClN3O4S2/c27-20-8-6-9-21(18-20)29-13-15-30(16-14-29)26-28-25(31)24(35-26)17-19-7-4-5-12-23(19)34-36(32,33)22-10-2-1-3-11-22/h1-12,17-18H,13-16H2. The molecule has 2 aliphatic rings. The molecule has 2 heterocycles. The van der Waals surface area contributed by atoms with Crippen LogP contribution in [0.25, 0.3) is 6.08 Å². The number of para-hydroxylation sites is 1. The van der Waals surface area contributed by atoms with Gasteiger partial charge in [-0.05, 0) is 54.2 Å². The number of anilines is 1. The summed E-state index contributed by atoms with van der Waals surface area (Å²) in [5, 5.41) is 1.35. The number of hydrogen-bond acceptors (Lipinski definition) is 7. The highest BCUT2D eigenvalue weighted by Gasteiger charge is 2.29. The summed E-state index contributed by atoms with van der Waals surface area (Å²) in [5.74, 6) is -0.209. The highest BCUT2D eigenvalue weighted by molar-refractivity contribution is 8.18. The van der Waals surface area contributed by atoms with Crippen molar-refractivity contribution in [3.8, 4) is 5.75 Å². The summed E-state index contributed by atoms with van der Waals surface area (Å²) in [6.45, 7) is 2.99. The maximum Gasteiger partial charge on any atom is 0.339 e. The summed E-state index contributed by atoms with van der Waals surface area (Å²) in [4.78, 5) is 21.7. The predicted octanol–water partition coefficient (Wildman–Crippen LogP) is 4.90. The molecule has 3 aromatic rings. The fourth-order valence-corrected chi connectivity index (χ4v) is 6.05. The molecule has 3 aromatic carbocycles. The third-order valence-electron chi connectivity index (χ3n) is 5.77. The SMILES string of the molecule is O=C1N=C(N2CCN(c3cccc(Cl)c3)CC2)SC1=Cc1ccccc1OS(=O)(=O)c1ccccc1. The lowest BCUT2D eigenvalue weighted by molar-refractivity contribution is -0.113. The first-order chi connectivity index (χ1) is 17.4. The molecule has 0 saturated carbocycles. The van der Waals surface area contributed by atoms with E-state index >= 15 is 0 Å². The van der Waals surface area contributed by atoms with Crippen molar-refractivity contribution < 1.29 is 17.4 Å². The molecule has 0 spiro atoms. The van der Waals surface area contributed by atoms with Crippen molar-refractivity contribution in [1.29, 1.82) is 0 Å². The highest BCUT2D eigenvalue weighted by Crippen LogP contribution is 2.34. The number of amidine groups is 1. The highest BCUT2D eigenvalue weighted by atomic mass is 35.5. The van der Waals surface area contributed by atoms with Gasteiger partial charge in [-0.3, -0.25) is 4.79 Å². The number of aliphatic imine (C=N–C) groups is 1. The van der Waals surface area contributed by atoms with Crippen molar-refractivity contribution in [2.45, 2.75) is 4.90 Å². The second-order valence-electron chi connectivity index (χ2n) is 8.15. The van der Waals surface area contributed by atoms with E-state index < -0.39 is 10.1 Å². The number of carbonyl (C=O) groups is 1. The van der Waals surface area contributed by atoms with Crippen molar-refractivity contribution in [2.24, 2.45) is 4.99 Å². The summed E-state index contributed by atoms with van der Waals surface area (Å²) >= 11 is 7.41. The van der Waals surface area contributed by atoms with Gasteiger partial charge in [0.2, 0.25) is 0 Å². The van der Waals surface area contributed by atoms with Crippen molar-refractivity contribution in [2.75, 3.05) is 31.1 Å². The molecule has 184 valence electrons. The Morgan fingerprint density at radius 3 is 2.33 bits per heavy atom. The fourth-order valence-electron chi connectivity index (χ4n) is 3.93. The zero-order chi connectivity index (χ0) is 25.1. The summed E-state index contributed by atoms with van der Waals surface area (Å²) < 4.78 is 30.8. The molecule has 0 radical (unpaired) electrons. The van der Waals surface area contributed by atoms with E-state index in [0.29, 0.717) is 33.7 Å². The molecule has 7 nitrogen and oxygen atoms in total. The minimum atomic E-state index is -4.01. The molecule has 1 fully saturated rings. The van der Waals surface area contributed by atoms with Gasteiger partial charge in [0.15, 0.2) is 5.17 Å². The quantitative estimate of drug-likeness (QED) is 0.337. The molecule has 1 amide bonds. The number of rotatable bonds is 5. The van der Waals surface area contributed by atoms with E-state index in [0.717, 1.165) is 18.8 Å². The molecule has 0 bridgehead atoms. The van der Waals surface area contributed by atoms with Crippen molar-refractivity contribution in [3.63, 3.8) is 0 Å². The maximum atomic E-state index is 12.7. The van der Waals surface area contributed by atoms with Crippen LogP contribution in [0, 0.1) is 0 Å². The van der Waals surface area contributed by atoms with E-state index in [-0.39, 0.29) is 16.6 Å². The van der Waals surface area contributed by atoms with Crippen LogP contribution in [0.2, 0.25) is 5.02 Å². The van der Waals surface area contributed by atoms with E-state index in [4.69, 9.17) is 15.8 Å². The van der Waals surface area contributed by atoms with Crippen LogP contribution in [0.3, 0.4) is 0 Å². The predicted molar refractivity (Wildman–Crippen MR) is 144 cm³/mol. The number of amides is 1. The lowest BCUT2D eigenvalue weighted by Crippen LogP contribution is -2.47. The molecule has 5 rings (SSSR count). The third-order valence-corrected chi connectivity index (χ3v) is 8.30. The molecule has 0 N–H and O–H groups in total. The Labute approximate surface area is 219 Å². The molecule has 36 heavy (non-hydrogen) atoms. The second-order valence-corrected chi connectivity index (χ2v) is 11.1. The fraction of sp³-hybridized carbons (Fsp3) is 0.154. The van der Waals surface area contributed by atoms with Gasteiger partial charge in [-0.25, -0.2) is 0 Å². The van der Waals surface area contributed by atoms with Crippen LogP contribution in [-0.2, 0) is 14.9 Å². The second kappa shape index (κ2) is 10.4. The molecule has 2 aliphatic heterocycles. The number of benzene rings is 3. The third kappa shape index (κ3) is 5.43. The first-order valence-corrected chi connectivity index (χ1v) is 13.9. The Morgan fingerprint density at radius 1 is 0.889 bits per heavy atom. The van der Waals surface area contributed by atoms with Gasteiger partial charge in [0.1, 0.15) is 10.6 Å². The van der Waals surface area contributed by atoms with Crippen LogP contribution < -0.4 is 9.08 Å². The Bertz CT molecular complexity index is 1450. The summed E-state index contributed by atoms with van der Waals surface area (Å²) in [6, 6.07) is 22.4. The van der Waals surface area contributed by atoms with Gasteiger partial charge < -0.3 is 14.0 Å². The van der Waals surface area contributed by atoms with Gasteiger partial charge in [0.25, 0.3) is 5.91 Å².